The Balaban J connectivity index is 1.70. The number of carbonyl (C=O) groups is 1. The van der Waals surface area contributed by atoms with Crippen molar-refractivity contribution >= 4 is 29.1 Å². The van der Waals surface area contributed by atoms with Gasteiger partial charge in [0.1, 0.15) is 6.61 Å². The first-order valence-corrected chi connectivity index (χ1v) is 9.01. The molecule has 0 unspecified atom stereocenters. The minimum absolute atomic E-state index is 0.0683. The number of ether oxygens (including phenoxy) is 1. The molecule has 0 spiro atoms. The zero-order valence-corrected chi connectivity index (χ0v) is 15.6. The number of aromatic nitrogens is 2. The SMILES string of the molecule is Cc1cc(/C=C/C(=O)OCc2ccccc2[N+](=O)[O-])c(C)n1-c1nccs1. The molecule has 2 aromatic heterocycles. The molecular formula is C19H17N3O4S. The Labute approximate surface area is 159 Å². The highest BCUT2D eigenvalue weighted by Crippen LogP contribution is 2.23. The number of hydrogen-bond acceptors (Lipinski definition) is 6. The predicted molar refractivity (Wildman–Crippen MR) is 103 cm³/mol. The minimum atomic E-state index is -0.563. The van der Waals surface area contributed by atoms with E-state index in [1.54, 1.807) is 30.5 Å². The van der Waals surface area contributed by atoms with E-state index >= 15 is 0 Å². The number of benzene rings is 1. The largest absolute Gasteiger partial charge is 0.457 e. The lowest BCUT2D eigenvalue weighted by Crippen LogP contribution is -2.03. The predicted octanol–water partition coefficient (Wildman–Crippen LogP) is 4.22. The number of nitro groups is 1. The average Bonchev–Trinajstić information content (AvgIpc) is 3.26. The van der Waals surface area contributed by atoms with Gasteiger partial charge in [-0.1, -0.05) is 12.1 Å². The topological polar surface area (TPSA) is 87.3 Å². The molecule has 0 saturated heterocycles. The first-order chi connectivity index (χ1) is 13.0. The molecule has 0 fully saturated rings. The van der Waals surface area contributed by atoms with Crippen LogP contribution in [0.3, 0.4) is 0 Å². The van der Waals surface area contributed by atoms with Gasteiger partial charge in [-0.05, 0) is 37.6 Å². The van der Waals surface area contributed by atoms with Crippen LogP contribution in [0.15, 0.2) is 48.0 Å². The van der Waals surface area contributed by atoms with Crippen LogP contribution in [0.4, 0.5) is 5.69 Å². The smallest absolute Gasteiger partial charge is 0.331 e. The van der Waals surface area contributed by atoms with Crippen LogP contribution in [0.2, 0.25) is 0 Å². The number of nitrogens with zero attached hydrogens (tertiary/aromatic N) is 3. The van der Waals surface area contributed by atoms with Crippen molar-refractivity contribution in [2.45, 2.75) is 20.5 Å². The van der Waals surface area contributed by atoms with E-state index in [1.165, 1.54) is 23.5 Å². The highest BCUT2D eigenvalue weighted by molar-refractivity contribution is 7.12. The van der Waals surface area contributed by atoms with Crippen LogP contribution >= 0.6 is 11.3 Å². The molecule has 0 radical (unpaired) electrons. The first-order valence-electron chi connectivity index (χ1n) is 8.13. The molecule has 138 valence electrons. The van der Waals surface area contributed by atoms with E-state index in [-0.39, 0.29) is 12.3 Å². The van der Waals surface area contributed by atoms with Gasteiger partial charge in [-0.2, -0.15) is 0 Å². The van der Waals surface area contributed by atoms with E-state index in [0.29, 0.717) is 5.56 Å². The lowest BCUT2D eigenvalue weighted by atomic mass is 10.2. The van der Waals surface area contributed by atoms with Crippen molar-refractivity contribution in [3.8, 4) is 5.13 Å². The molecule has 0 aliphatic rings. The van der Waals surface area contributed by atoms with Gasteiger partial charge < -0.3 is 4.74 Å². The minimum Gasteiger partial charge on any atom is -0.457 e. The summed E-state index contributed by atoms with van der Waals surface area (Å²) < 4.78 is 7.16. The standard InChI is InChI=1S/C19H17N3O4S/c1-13-11-15(14(2)21(13)19-20-9-10-27-19)7-8-18(23)26-12-16-5-3-4-6-17(16)22(24)25/h3-11H,12H2,1-2H3/b8-7+. The Morgan fingerprint density at radius 3 is 2.85 bits per heavy atom. The van der Waals surface area contributed by atoms with E-state index in [9.17, 15) is 14.9 Å². The molecule has 7 nitrogen and oxygen atoms in total. The van der Waals surface area contributed by atoms with Gasteiger partial charge in [0.25, 0.3) is 5.69 Å². The summed E-state index contributed by atoms with van der Waals surface area (Å²) in [6.07, 6.45) is 4.74. The Morgan fingerprint density at radius 1 is 1.37 bits per heavy atom. The normalized spacial score (nSPS) is 11.0. The van der Waals surface area contributed by atoms with Gasteiger partial charge in [-0.25, -0.2) is 9.78 Å². The summed E-state index contributed by atoms with van der Waals surface area (Å²) in [4.78, 5) is 26.8. The van der Waals surface area contributed by atoms with Crippen molar-refractivity contribution < 1.29 is 14.5 Å². The molecule has 2 heterocycles. The third-order valence-corrected chi connectivity index (χ3v) is 4.79. The van der Waals surface area contributed by atoms with Crippen LogP contribution in [0.5, 0.6) is 0 Å². The second kappa shape index (κ2) is 7.96. The summed E-state index contributed by atoms with van der Waals surface area (Å²) in [7, 11) is 0. The highest BCUT2D eigenvalue weighted by Gasteiger charge is 2.14. The Kier molecular flexibility index (Phi) is 5.46. The monoisotopic (exact) mass is 383 g/mol. The molecular weight excluding hydrogens is 366 g/mol. The van der Waals surface area contributed by atoms with Crippen molar-refractivity contribution in [1.29, 1.82) is 0 Å². The zero-order chi connectivity index (χ0) is 19.4. The molecule has 3 rings (SSSR count). The third kappa shape index (κ3) is 4.12. The first kappa shape index (κ1) is 18.5. The Morgan fingerprint density at radius 2 is 2.15 bits per heavy atom. The van der Waals surface area contributed by atoms with Crippen molar-refractivity contribution in [3.63, 3.8) is 0 Å². The number of thiazole rings is 1. The maximum absolute atomic E-state index is 12.0. The number of nitro benzene ring substituents is 1. The molecule has 27 heavy (non-hydrogen) atoms. The van der Waals surface area contributed by atoms with Gasteiger partial charge in [0.05, 0.1) is 10.5 Å². The van der Waals surface area contributed by atoms with E-state index < -0.39 is 10.9 Å². The van der Waals surface area contributed by atoms with Gasteiger partial charge in [-0.3, -0.25) is 14.7 Å². The maximum Gasteiger partial charge on any atom is 0.331 e. The number of para-hydroxylation sites is 1. The van der Waals surface area contributed by atoms with Crippen LogP contribution < -0.4 is 0 Å². The Hall–Kier alpha value is -3.26. The molecule has 1 aromatic carbocycles. The van der Waals surface area contributed by atoms with Crippen LogP contribution in [-0.4, -0.2) is 20.4 Å². The summed E-state index contributed by atoms with van der Waals surface area (Å²) in [5.74, 6) is -0.563. The molecule has 0 bridgehead atoms. The van der Waals surface area contributed by atoms with Gasteiger partial charge in [0.2, 0.25) is 0 Å². The van der Waals surface area contributed by atoms with Crippen molar-refractivity contribution in [2.24, 2.45) is 0 Å². The van der Waals surface area contributed by atoms with Crippen molar-refractivity contribution in [1.82, 2.24) is 9.55 Å². The average molecular weight is 383 g/mol. The summed E-state index contributed by atoms with van der Waals surface area (Å²) in [5.41, 5.74) is 3.14. The van der Waals surface area contributed by atoms with E-state index in [2.05, 4.69) is 4.98 Å². The summed E-state index contributed by atoms with van der Waals surface area (Å²) in [6.45, 7) is 3.77. The second-order valence-corrected chi connectivity index (χ2v) is 6.68. The molecule has 0 amide bonds. The molecule has 8 heteroatoms. The molecule has 0 aliphatic carbocycles. The highest BCUT2D eigenvalue weighted by atomic mass is 32.1. The third-order valence-electron chi connectivity index (χ3n) is 4.04. The molecule has 0 saturated carbocycles. The molecule has 0 aliphatic heterocycles. The van der Waals surface area contributed by atoms with Crippen LogP contribution in [0.1, 0.15) is 22.5 Å². The van der Waals surface area contributed by atoms with Crippen molar-refractivity contribution in [3.05, 3.63) is 80.6 Å². The fraction of sp³-hybridized carbons (Fsp3) is 0.158. The fourth-order valence-corrected chi connectivity index (χ4v) is 3.49. The zero-order valence-electron chi connectivity index (χ0n) is 14.8. The number of esters is 1. The lowest BCUT2D eigenvalue weighted by Gasteiger charge is -2.04. The van der Waals surface area contributed by atoms with Crippen LogP contribution in [0, 0.1) is 24.0 Å². The maximum atomic E-state index is 12.0. The molecule has 0 atom stereocenters. The summed E-state index contributed by atoms with van der Waals surface area (Å²) in [5, 5.41) is 13.8. The van der Waals surface area contributed by atoms with E-state index in [1.807, 2.05) is 29.9 Å². The molecule has 3 aromatic rings. The fourth-order valence-electron chi connectivity index (χ4n) is 2.74. The number of carbonyl (C=O) groups excluding carboxylic acids is 1. The molecule has 0 N–H and O–H groups in total. The summed E-state index contributed by atoms with van der Waals surface area (Å²) in [6, 6.07) is 8.15. The van der Waals surface area contributed by atoms with E-state index in [4.69, 9.17) is 4.74 Å². The second-order valence-electron chi connectivity index (χ2n) is 5.80. The van der Waals surface area contributed by atoms with E-state index in [0.717, 1.165) is 22.1 Å². The van der Waals surface area contributed by atoms with Crippen LogP contribution in [0.25, 0.3) is 11.2 Å². The number of aryl methyl sites for hydroxylation is 1. The Bertz CT molecular complexity index is 1010. The van der Waals surface area contributed by atoms with Crippen LogP contribution in [-0.2, 0) is 16.1 Å². The quantitative estimate of drug-likeness (QED) is 0.275. The number of hydrogen-bond donors (Lipinski definition) is 0. The summed E-state index contributed by atoms with van der Waals surface area (Å²) >= 11 is 1.53. The van der Waals surface area contributed by atoms with Crippen molar-refractivity contribution in [2.75, 3.05) is 0 Å². The number of rotatable bonds is 6. The lowest BCUT2D eigenvalue weighted by molar-refractivity contribution is -0.385. The van der Waals surface area contributed by atoms with Gasteiger partial charge in [0, 0.05) is 35.1 Å². The van der Waals surface area contributed by atoms with Gasteiger partial charge >= 0.3 is 5.97 Å². The van der Waals surface area contributed by atoms with Gasteiger partial charge in [-0.15, -0.1) is 11.3 Å². The van der Waals surface area contributed by atoms with Gasteiger partial charge in [0.15, 0.2) is 5.13 Å².